The zero-order valence-electron chi connectivity index (χ0n) is 12.7. The summed E-state index contributed by atoms with van der Waals surface area (Å²) in [6.07, 6.45) is 8.88. The molecule has 0 radical (unpaired) electrons. The van der Waals surface area contributed by atoms with E-state index in [9.17, 15) is 0 Å². The number of nitrogens with one attached hydrogen (secondary N) is 1. The molecule has 1 aliphatic rings. The lowest BCUT2D eigenvalue weighted by molar-refractivity contribution is 0.618. The number of benzene rings is 1. The van der Waals surface area contributed by atoms with Crippen LogP contribution in [0, 0.1) is 0 Å². The van der Waals surface area contributed by atoms with Gasteiger partial charge >= 0.3 is 0 Å². The minimum absolute atomic E-state index is 1.01. The predicted octanol–water partition coefficient (Wildman–Crippen LogP) is 3.91. The van der Waals surface area contributed by atoms with Crippen molar-refractivity contribution in [3.63, 3.8) is 0 Å². The average Bonchev–Trinajstić information content (AvgIpc) is 3.01. The predicted molar refractivity (Wildman–Crippen MR) is 91.8 cm³/mol. The fourth-order valence-corrected chi connectivity index (χ4v) is 3.32. The summed E-state index contributed by atoms with van der Waals surface area (Å²) in [5.41, 5.74) is 2.90. The maximum Gasteiger partial charge on any atom is 0.0411 e. The number of anilines is 1. The molecule has 0 atom stereocenters. The second-order valence-electron chi connectivity index (χ2n) is 5.55. The molecule has 1 aromatic rings. The van der Waals surface area contributed by atoms with Crippen molar-refractivity contribution in [2.45, 2.75) is 38.6 Å². The molecule has 20 heavy (non-hydrogen) atoms. The minimum Gasteiger partial charge on any atom is -0.371 e. The van der Waals surface area contributed by atoms with Gasteiger partial charge in [-0.05, 0) is 55.9 Å². The van der Waals surface area contributed by atoms with Crippen molar-refractivity contribution in [1.82, 2.24) is 5.32 Å². The van der Waals surface area contributed by atoms with Crippen LogP contribution in [-0.4, -0.2) is 31.6 Å². The van der Waals surface area contributed by atoms with E-state index in [-0.39, 0.29) is 0 Å². The molecule has 3 heteroatoms. The lowest BCUT2D eigenvalue weighted by Crippen LogP contribution is -2.22. The van der Waals surface area contributed by atoms with E-state index < -0.39 is 0 Å². The van der Waals surface area contributed by atoms with Gasteiger partial charge in [-0.25, -0.2) is 0 Å². The highest BCUT2D eigenvalue weighted by Gasteiger charge is 2.14. The topological polar surface area (TPSA) is 15.3 Å². The fraction of sp³-hybridized carbons (Fsp3) is 0.647. The summed E-state index contributed by atoms with van der Waals surface area (Å²) in [6.45, 7) is 4.61. The van der Waals surface area contributed by atoms with Gasteiger partial charge in [0.1, 0.15) is 0 Å². The van der Waals surface area contributed by atoms with Gasteiger partial charge in [0, 0.05) is 25.3 Å². The van der Waals surface area contributed by atoms with Gasteiger partial charge in [-0.3, -0.25) is 0 Å². The zero-order valence-corrected chi connectivity index (χ0v) is 13.6. The summed E-state index contributed by atoms with van der Waals surface area (Å²) in [4.78, 5) is 2.54. The lowest BCUT2D eigenvalue weighted by atomic mass is 10.1. The van der Waals surface area contributed by atoms with Crippen LogP contribution >= 0.6 is 11.8 Å². The summed E-state index contributed by atoms with van der Waals surface area (Å²) >= 11 is 1.95. The zero-order chi connectivity index (χ0) is 14.0. The number of unbranched alkanes of at least 4 members (excludes halogenated alkanes) is 2. The van der Waals surface area contributed by atoms with Gasteiger partial charge in [0.25, 0.3) is 0 Å². The number of hydrogen-bond donors (Lipinski definition) is 1. The van der Waals surface area contributed by atoms with E-state index >= 15 is 0 Å². The molecule has 1 aromatic carbocycles. The molecule has 0 aromatic heterocycles. The highest BCUT2D eigenvalue weighted by Crippen LogP contribution is 2.24. The molecular weight excluding hydrogens is 264 g/mol. The Morgan fingerprint density at radius 2 is 1.90 bits per heavy atom. The van der Waals surface area contributed by atoms with E-state index in [4.69, 9.17) is 0 Å². The largest absolute Gasteiger partial charge is 0.371 e. The Morgan fingerprint density at radius 1 is 1.10 bits per heavy atom. The molecule has 1 aliphatic heterocycles. The number of thioether (sulfide) groups is 1. The van der Waals surface area contributed by atoms with E-state index in [0.29, 0.717) is 0 Å². The third-order valence-electron chi connectivity index (χ3n) is 3.96. The Labute approximate surface area is 128 Å². The first kappa shape index (κ1) is 15.7. The van der Waals surface area contributed by atoms with Crippen LogP contribution in [0.4, 0.5) is 5.69 Å². The minimum atomic E-state index is 1.01. The van der Waals surface area contributed by atoms with Crippen LogP contribution in [0.15, 0.2) is 24.3 Å². The third kappa shape index (κ3) is 5.02. The molecular formula is C17H28N2S. The molecule has 0 aliphatic carbocycles. The molecule has 0 bridgehead atoms. The van der Waals surface area contributed by atoms with Crippen molar-refractivity contribution in [1.29, 1.82) is 0 Å². The van der Waals surface area contributed by atoms with Crippen molar-refractivity contribution in [2.75, 3.05) is 36.5 Å². The Balaban J connectivity index is 1.72. The molecule has 112 valence electrons. The second kappa shape index (κ2) is 9.30. The maximum atomic E-state index is 3.61. The standard InChI is InChI=1S/C17H28N2S/c1-20-14-8-2-5-11-18-15-16-9-3-4-10-17(16)19-12-6-7-13-19/h3-4,9-10,18H,2,5-8,11-15H2,1H3. The van der Waals surface area contributed by atoms with E-state index in [1.54, 1.807) is 0 Å². The third-order valence-corrected chi connectivity index (χ3v) is 4.65. The summed E-state index contributed by atoms with van der Waals surface area (Å²) in [6, 6.07) is 8.88. The molecule has 1 N–H and O–H groups in total. The first-order valence-corrected chi connectivity index (χ1v) is 9.33. The number of rotatable bonds is 9. The van der Waals surface area contributed by atoms with Gasteiger partial charge in [0.05, 0.1) is 0 Å². The van der Waals surface area contributed by atoms with Crippen LogP contribution in [0.5, 0.6) is 0 Å². The van der Waals surface area contributed by atoms with Crippen LogP contribution < -0.4 is 10.2 Å². The van der Waals surface area contributed by atoms with Crippen molar-refractivity contribution < 1.29 is 0 Å². The molecule has 2 nitrogen and oxygen atoms in total. The van der Waals surface area contributed by atoms with E-state index in [2.05, 4.69) is 40.7 Å². The van der Waals surface area contributed by atoms with Gasteiger partial charge in [0.2, 0.25) is 0 Å². The Hall–Kier alpha value is -0.670. The van der Waals surface area contributed by atoms with Crippen LogP contribution in [-0.2, 0) is 6.54 Å². The monoisotopic (exact) mass is 292 g/mol. The maximum absolute atomic E-state index is 3.61. The number of para-hydroxylation sites is 1. The highest BCUT2D eigenvalue weighted by molar-refractivity contribution is 7.98. The van der Waals surface area contributed by atoms with Crippen LogP contribution in [0.3, 0.4) is 0 Å². The molecule has 2 rings (SSSR count). The van der Waals surface area contributed by atoms with Gasteiger partial charge in [-0.2, -0.15) is 11.8 Å². The Bertz CT molecular complexity index is 375. The SMILES string of the molecule is CSCCCCCNCc1ccccc1N1CCCC1. The molecule has 0 unspecified atom stereocenters. The fourth-order valence-electron chi connectivity index (χ4n) is 2.82. The van der Waals surface area contributed by atoms with E-state index in [1.165, 1.54) is 62.2 Å². The molecule has 1 saturated heterocycles. The van der Waals surface area contributed by atoms with Gasteiger partial charge in [-0.15, -0.1) is 0 Å². The van der Waals surface area contributed by atoms with E-state index in [1.807, 2.05) is 11.8 Å². The summed E-state index contributed by atoms with van der Waals surface area (Å²) in [7, 11) is 0. The highest BCUT2D eigenvalue weighted by atomic mass is 32.2. The van der Waals surface area contributed by atoms with Crippen LogP contribution in [0.2, 0.25) is 0 Å². The first-order chi connectivity index (χ1) is 9.92. The quantitative estimate of drug-likeness (QED) is 0.695. The summed E-state index contributed by atoms with van der Waals surface area (Å²) in [5.74, 6) is 1.30. The smallest absolute Gasteiger partial charge is 0.0411 e. The summed E-state index contributed by atoms with van der Waals surface area (Å²) < 4.78 is 0. The Morgan fingerprint density at radius 3 is 2.70 bits per heavy atom. The van der Waals surface area contributed by atoms with E-state index in [0.717, 1.165) is 13.1 Å². The molecule has 1 fully saturated rings. The van der Waals surface area contributed by atoms with Gasteiger partial charge in [0.15, 0.2) is 0 Å². The summed E-state index contributed by atoms with van der Waals surface area (Å²) in [5, 5.41) is 3.61. The first-order valence-electron chi connectivity index (χ1n) is 7.94. The lowest BCUT2D eigenvalue weighted by Gasteiger charge is -2.21. The normalized spacial score (nSPS) is 14.9. The van der Waals surface area contributed by atoms with Gasteiger partial charge in [-0.1, -0.05) is 24.6 Å². The Kier molecular flexibility index (Phi) is 7.31. The molecule has 0 saturated carbocycles. The van der Waals surface area contributed by atoms with Crippen LogP contribution in [0.25, 0.3) is 0 Å². The average molecular weight is 292 g/mol. The van der Waals surface area contributed by atoms with Crippen molar-refractivity contribution in [3.05, 3.63) is 29.8 Å². The van der Waals surface area contributed by atoms with Crippen molar-refractivity contribution >= 4 is 17.4 Å². The van der Waals surface area contributed by atoms with Crippen LogP contribution in [0.1, 0.15) is 37.7 Å². The number of hydrogen-bond acceptors (Lipinski definition) is 3. The molecule has 0 spiro atoms. The molecule has 1 heterocycles. The van der Waals surface area contributed by atoms with Crippen molar-refractivity contribution in [2.24, 2.45) is 0 Å². The van der Waals surface area contributed by atoms with Gasteiger partial charge < -0.3 is 10.2 Å². The molecule has 0 amide bonds. The second-order valence-corrected chi connectivity index (χ2v) is 6.54. The number of nitrogens with zero attached hydrogens (tertiary/aromatic N) is 1. The van der Waals surface area contributed by atoms with Crippen molar-refractivity contribution in [3.8, 4) is 0 Å².